The Hall–Kier alpha value is -5.31. The van der Waals surface area contributed by atoms with E-state index < -0.39 is 23.5 Å². The fourth-order valence-electron chi connectivity index (χ4n) is 6.32. The van der Waals surface area contributed by atoms with Gasteiger partial charge in [-0.2, -0.15) is 5.10 Å². The van der Waals surface area contributed by atoms with Crippen LogP contribution >= 0.6 is 0 Å². The summed E-state index contributed by atoms with van der Waals surface area (Å²) in [5.74, 6) is -2.73. The van der Waals surface area contributed by atoms with E-state index in [-0.39, 0.29) is 18.9 Å². The molecule has 1 unspecified atom stereocenters. The number of H-pyrrole nitrogens is 1. The van der Waals surface area contributed by atoms with Crippen molar-refractivity contribution in [3.05, 3.63) is 114 Å². The van der Waals surface area contributed by atoms with Crippen molar-refractivity contribution in [3.63, 3.8) is 0 Å². The quantitative estimate of drug-likeness (QED) is 0.258. The molecule has 0 fully saturated rings. The molecule has 7 rings (SSSR count). The highest BCUT2D eigenvalue weighted by Gasteiger charge is 2.42. The predicted octanol–water partition coefficient (Wildman–Crippen LogP) is 5.94. The van der Waals surface area contributed by atoms with Gasteiger partial charge in [-0.3, -0.25) is 24.4 Å². The van der Waals surface area contributed by atoms with Crippen molar-refractivity contribution in [2.24, 2.45) is 5.92 Å². The van der Waals surface area contributed by atoms with Crippen molar-refractivity contribution in [1.82, 2.24) is 10.2 Å². The monoisotopic (exact) mass is 587 g/mol. The average Bonchev–Trinajstić information content (AvgIpc) is 3.26. The first-order chi connectivity index (χ1) is 21.5. The van der Waals surface area contributed by atoms with Crippen LogP contribution in [0.25, 0.3) is 10.9 Å². The zero-order valence-electron chi connectivity index (χ0n) is 23.9. The number of aryl methyl sites for hydroxylation is 1. The van der Waals surface area contributed by atoms with Crippen molar-refractivity contribution in [3.8, 4) is 0 Å². The third-order valence-electron chi connectivity index (χ3n) is 8.47. The molecule has 8 nitrogen and oxygen atoms in total. The van der Waals surface area contributed by atoms with Gasteiger partial charge in [0.05, 0.1) is 16.9 Å². The zero-order valence-corrected chi connectivity index (χ0v) is 23.9. The summed E-state index contributed by atoms with van der Waals surface area (Å²) in [7, 11) is 0. The van der Waals surface area contributed by atoms with Crippen molar-refractivity contribution in [2.75, 3.05) is 27.8 Å². The van der Waals surface area contributed by atoms with Crippen LogP contribution in [0, 0.1) is 11.7 Å². The van der Waals surface area contributed by atoms with Gasteiger partial charge >= 0.3 is 0 Å². The number of carbonyl (C=O) groups is 3. The van der Waals surface area contributed by atoms with E-state index in [1.165, 1.54) is 17.0 Å². The zero-order chi connectivity index (χ0) is 30.2. The van der Waals surface area contributed by atoms with Gasteiger partial charge in [-0.1, -0.05) is 48.5 Å². The highest BCUT2D eigenvalue weighted by atomic mass is 19.1. The second-order valence-corrected chi connectivity index (χ2v) is 11.2. The number of rotatable bonds is 5. The summed E-state index contributed by atoms with van der Waals surface area (Å²) in [6.07, 6.45) is 2.70. The number of fused-ring (bicyclic) bond motifs is 3. The standard InChI is InChI=1S/C35H30FN5O3/c36-24-17-18-26-28(20-24)37-38-29(26)21-27-34(43)40(22-33(42)39-19-9-8-11-23-10-4-5-14-30(23)39)31-15-6-7-16-32(31)41(35(27)44)25-12-2-1-3-13-25/h1-7,10,12-18,20,27H,8-9,11,19,21-22H2,(H,37,38). The lowest BCUT2D eigenvalue weighted by Crippen LogP contribution is -2.47. The number of nitrogens with one attached hydrogen (secondary N) is 1. The third kappa shape index (κ3) is 4.90. The van der Waals surface area contributed by atoms with Crippen molar-refractivity contribution >= 4 is 51.4 Å². The minimum atomic E-state index is -1.18. The normalized spacial score (nSPS) is 16.8. The van der Waals surface area contributed by atoms with Crippen LogP contribution in [-0.4, -0.2) is 41.0 Å². The van der Waals surface area contributed by atoms with Crippen LogP contribution in [0.15, 0.2) is 97.1 Å². The molecule has 5 aromatic rings. The minimum absolute atomic E-state index is 0.00560. The van der Waals surface area contributed by atoms with Gasteiger partial charge in [0.25, 0.3) is 0 Å². The predicted molar refractivity (Wildman–Crippen MR) is 167 cm³/mol. The number of halogens is 1. The molecule has 2 aliphatic rings. The first kappa shape index (κ1) is 27.5. The molecule has 1 N–H and O–H groups in total. The Balaban J connectivity index is 1.32. The molecule has 4 aromatic carbocycles. The smallest absolute Gasteiger partial charge is 0.247 e. The van der Waals surface area contributed by atoms with E-state index in [2.05, 4.69) is 10.2 Å². The molecule has 0 aliphatic carbocycles. The van der Waals surface area contributed by atoms with Crippen LogP contribution in [0.5, 0.6) is 0 Å². The van der Waals surface area contributed by atoms with Gasteiger partial charge in [0, 0.05) is 41.5 Å². The van der Waals surface area contributed by atoms with E-state index in [9.17, 15) is 18.8 Å². The molecular formula is C35H30FN5O3. The number of carbonyl (C=O) groups excluding carboxylic acids is 3. The number of nitrogens with zero attached hydrogens (tertiary/aromatic N) is 4. The molecule has 44 heavy (non-hydrogen) atoms. The van der Waals surface area contributed by atoms with Crippen molar-refractivity contribution in [2.45, 2.75) is 25.7 Å². The van der Waals surface area contributed by atoms with Crippen LogP contribution in [0.1, 0.15) is 24.1 Å². The Bertz CT molecular complexity index is 1890. The molecule has 0 bridgehead atoms. The van der Waals surface area contributed by atoms with Gasteiger partial charge in [-0.25, -0.2) is 4.39 Å². The van der Waals surface area contributed by atoms with Crippen LogP contribution in [-0.2, 0) is 27.2 Å². The lowest BCUT2D eigenvalue weighted by Gasteiger charge is -2.29. The van der Waals surface area contributed by atoms with E-state index in [0.29, 0.717) is 40.2 Å². The molecular weight excluding hydrogens is 557 g/mol. The van der Waals surface area contributed by atoms with Gasteiger partial charge in [-0.15, -0.1) is 0 Å². The van der Waals surface area contributed by atoms with Crippen molar-refractivity contribution < 1.29 is 18.8 Å². The maximum Gasteiger partial charge on any atom is 0.247 e. The van der Waals surface area contributed by atoms with E-state index >= 15 is 0 Å². The lowest BCUT2D eigenvalue weighted by atomic mass is 9.97. The fraction of sp³-hybridized carbons (Fsp3) is 0.200. The van der Waals surface area contributed by atoms with Gasteiger partial charge in [-0.05, 0) is 67.3 Å². The van der Waals surface area contributed by atoms with E-state index in [0.717, 1.165) is 30.5 Å². The number of hydrogen-bond acceptors (Lipinski definition) is 4. The number of benzene rings is 4. The maximum absolute atomic E-state index is 14.6. The summed E-state index contributed by atoms with van der Waals surface area (Å²) in [6, 6.07) is 28.5. The van der Waals surface area contributed by atoms with Crippen LogP contribution < -0.4 is 14.7 Å². The SMILES string of the molecule is O=C(CN1C(=O)C(Cc2[nH]nc3cc(F)ccc23)C(=O)N(c2ccccc2)c2ccccc21)N1CCCCc2ccccc21. The third-order valence-corrected chi connectivity index (χ3v) is 8.47. The molecule has 9 heteroatoms. The molecule has 220 valence electrons. The second kappa shape index (κ2) is 11.4. The van der Waals surface area contributed by atoms with Crippen LogP contribution in [0.3, 0.4) is 0 Å². The molecule has 3 amide bonds. The number of aromatic nitrogens is 2. The summed E-state index contributed by atoms with van der Waals surface area (Å²) in [5.41, 5.74) is 4.51. The first-order valence-corrected chi connectivity index (χ1v) is 14.8. The average molecular weight is 588 g/mol. The maximum atomic E-state index is 14.6. The molecule has 1 atom stereocenters. The molecule has 0 saturated carbocycles. The molecule has 0 radical (unpaired) electrons. The van der Waals surface area contributed by atoms with Gasteiger partial charge in [0.2, 0.25) is 17.7 Å². The van der Waals surface area contributed by atoms with Gasteiger partial charge in [0.1, 0.15) is 18.3 Å². The van der Waals surface area contributed by atoms with E-state index in [1.54, 1.807) is 34.1 Å². The van der Waals surface area contributed by atoms with Crippen molar-refractivity contribution in [1.29, 1.82) is 0 Å². The Morgan fingerprint density at radius 1 is 0.841 bits per heavy atom. The summed E-state index contributed by atoms with van der Waals surface area (Å²) >= 11 is 0. The summed E-state index contributed by atoms with van der Waals surface area (Å²) in [4.78, 5) is 47.9. The number of anilines is 4. The highest BCUT2D eigenvalue weighted by Crippen LogP contribution is 2.40. The fourth-order valence-corrected chi connectivity index (χ4v) is 6.32. The Morgan fingerprint density at radius 2 is 1.57 bits per heavy atom. The molecule has 2 aliphatic heterocycles. The first-order valence-electron chi connectivity index (χ1n) is 14.8. The molecule has 0 spiro atoms. The minimum Gasteiger partial charge on any atom is -0.311 e. The number of para-hydroxylation sites is 4. The summed E-state index contributed by atoms with van der Waals surface area (Å²) in [5, 5.41) is 7.76. The van der Waals surface area contributed by atoms with E-state index in [4.69, 9.17) is 0 Å². The van der Waals surface area contributed by atoms with E-state index in [1.807, 2.05) is 60.7 Å². The molecule has 0 saturated heterocycles. The molecule has 3 heterocycles. The number of amides is 3. The largest absolute Gasteiger partial charge is 0.311 e. The van der Waals surface area contributed by atoms with Crippen LogP contribution in [0.4, 0.5) is 27.1 Å². The van der Waals surface area contributed by atoms with Gasteiger partial charge in [0.15, 0.2) is 0 Å². The Kier molecular flexibility index (Phi) is 7.13. The Labute approximate surface area is 253 Å². The summed E-state index contributed by atoms with van der Waals surface area (Å²) in [6.45, 7) is 0.320. The molecule has 1 aromatic heterocycles. The van der Waals surface area contributed by atoms with Crippen LogP contribution in [0.2, 0.25) is 0 Å². The second-order valence-electron chi connectivity index (χ2n) is 11.2. The Morgan fingerprint density at radius 3 is 2.39 bits per heavy atom. The summed E-state index contributed by atoms with van der Waals surface area (Å²) < 4.78 is 13.9. The highest BCUT2D eigenvalue weighted by molar-refractivity contribution is 6.21. The number of hydrogen-bond donors (Lipinski definition) is 1. The van der Waals surface area contributed by atoms with Gasteiger partial charge < -0.3 is 9.80 Å². The topological polar surface area (TPSA) is 89.6 Å². The lowest BCUT2D eigenvalue weighted by molar-refractivity contribution is -0.132. The number of aromatic amines is 1.